The highest BCUT2D eigenvalue weighted by atomic mass is 32.5. The molecule has 34 heavy (non-hydrogen) atoms. The number of benzene rings is 1. The Morgan fingerprint density at radius 2 is 2.12 bits per heavy atom. The molecule has 1 aromatic carbocycles. The number of ether oxygens (including phenoxy) is 5. The zero-order valence-electron chi connectivity index (χ0n) is 18.9. The molecule has 2 aromatic rings. The monoisotopic (exact) mass is 514 g/mol. The predicted molar refractivity (Wildman–Crippen MR) is 127 cm³/mol. The van der Waals surface area contributed by atoms with Gasteiger partial charge in [0.1, 0.15) is 36.4 Å². The maximum Gasteiger partial charge on any atom is 0.351 e. The van der Waals surface area contributed by atoms with Crippen LogP contribution in [0.3, 0.4) is 0 Å². The number of hydrogen-bond acceptors (Lipinski definition) is 11. The zero-order valence-corrected chi connectivity index (χ0v) is 20.6. The maximum atomic E-state index is 13.0. The summed E-state index contributed by atoms with van der Waals surface area (Å²) in [7, 11) is 2.96. The van der Waals surface area contributed by atoms with Crippen LogP contribution in [0.4, 0.5) is 11.5 Å². The fourth-order valence-electron chi connectivity index (χ4n) is 3.88. The molecule has 3 heterocycles. The molecule has 0 saturated carbocycles. The lowest BCUT2D eigenvalue weighted by Crippen LogP contribution is -2.39. The van der Waals surface area contributed by atoms with E-state index in [1.807, 2.05) is 0 Å². The average molecular weight is 514 g/mol. The lowest BCUT2D eigenvalue weighted by molar-refractivity contribution is -0.0669. The van der Waals surface area contributed by atoms with E-state index >= 15 is 0 Å². The first-order valence-electron chi connectivity index (χ1n) is 10.5. The molecule has 14 heteroatoms. The Labute approximate surface area is 201 Å². The summed E-state index contributed by atoms with van der Waals surface area (Å²) in [4.78, 5) is 27.3. The smallest absolute Gasteiger partial charge is 0.351 e. The van der Waals surface area contributed by atoms with Gasteiger partial charge in [0.15, 0.2) is 30.0 Å². The fourth-order valence-corrected chi connectivity index (χ4v) is 4.88. The van der Waals surface area contributed by atoms with Crippen molar-refractivity contribution in [1.29, 1.82) is 0 Å². The van der Waals surface area contributed by atoms with E-state index in [0.29, 0.717) is 36.1 Å². The van der Waals surface area contributed by atoms with Gasteiger partial charge in [-0.05, 0) is 23.9 Å². The van der Waals surface area contributed by atoms with Crippen molar-refractivity contribution in [2.75, 3.05) is 46.0 Å². The highest BCUT2D eigenvalue weighted by Gasteiger charge is 2.49. The first-order chi connectivity index (χ1) is 16.3. The largest absolute Gasteiger partial charge is 0.490 e. The molecule has 186 valence electrons. The van der Waals surface area contributed by atoms with Crippen molar-refractivity contribution in [2.45, 2.75) is 24.5 Å². The van der Waals surface area contributed by atoms with Crippen molar-refractivity contribution in [2.24, 2.45) is 5.73 Å². The number of para-hydroxylation sites is 1. The molecule has 0 spiro atoms. The minimum absolute atomic E-state index is 0.139. The van der Waals surface area contributed by atoms with Crippen LogP contribution in [-0.2, 0) is 30.5 Å². The summed E-state index contributed by atoms with van der Waals surface area (Å²) >= 11 is 5.06. The second kappa shape index (κ2) is 10.3. The maximum absolute atomic E-state index is 13.0. The number of methoxy groups -OCH3 is 2. The van der Waals surface area contributed by atoms with Crippen molar-refractivity contribution in [3.05, 3.63) is 34.9 Å². The first kappa shape index (κ1) is 25.0. The molecular formula is C20H27N4O8PS. The van der Waals surface area contributed by atoms with Crippen LogP contribution in [0.25, 0.3) is 0 Å². The molecule has 2 aliphatic rings. The van der Waals surface area contributed by atoms with E-state index in [0.717, 1.165) is 0 Å². The SMILES string of the molecule is COCC1OC(n2cc3c(nc2=O)Nc2c(OCCN)cccc2O3)C(OC)C1OP(C)(O)=S. The highest BCUT2D eigenvalue weighted by molar-refractivity contribution is 8.09. The highest BCUT2D eigenvalue weighted by Crippen LogP contribution is 2.47. The first-order valence-corrected chi connectivity index (χ1v) is 13.6. The second-order valence-electron chi connectivity index (χ2n) is 7.73. The van der Waals surface area contributed by atoms with Gasteiger partial charge in [0.2, 0.25) is 0 Å². The van der Waals surface area contributed by atoms with Crippen molar-refractivity contribution in [3.63, 3.8) is 0 Å². The second-order valence-corrected chi connectivity index (χ2v) is 11.6. The summed E-state index contributed by atoms with van der Waals surface area (Å²) in [5, 5.41) is 3.10. The van der Waals surface area contributed by atoms with Crippen LogP contribution in [0, 0.1) is 0 Å². The third-order valence-corrected chi connectivity index (χ3v) is 6.12. The summed E-state index contributed by atoms with van der Waals surface area (Å²) < 4.78 is 35.5. The minimum atomic E-state index is -3.06. The fraction of sp³-hybridized carbons (Fsp3) is 0.500. The number of anilines is 2. The van der Waals surface area contributed by atoms with Gasteiger partial charge in [-0.15, -0.1) is 0 Å². The van der Waals surface area contributed by atoms with E-state index in [9.17, 15) is 9.69 Å². The Kier molecular flexibility index (Phi) is 7.55. The van der Waals surface area contributed by atoms with Gasteiger partial charge in [-0.2, -0.15) is 4.98 Å². The predicted octanol–water partition coefficient (Wildman–Crippen LogP) is 1.31. The number of rotatable bonds is 9. The van der Waals surface area contributed by atoms with Gasteiger partial charge in [-0.3, -0.25) is 4.57 Å². The minimum Gasteiger partial charge on any atom is -0.490 e. The lowest BCUT2D eigenvalue weighted by Gasteiger charge is -2.27. The Morgan fingerprint density at radius 3 is 2.79 bits per heavy atom. The molecule has 5 atom stereocenters. The molecule has 1 fully saturated rings. The molecule has 0 radical (unpaired) electrons. The van der Waals surface area contributed by atoms with Crippen LogP contribution in [0.2, 0.25) is 0 Å². The van der Waals surface area contributed by atoms with E-state index in [2.05, 4.69) is 10.3 Å². The van der Waals surface area contributed by atoms with E-state index in [1.54, 1.807) is 18.2 Å². The van der Waals surface area contributed by atoms with Gasteiger partial charge in [-0.1, -0.05) is 6.07 Å². The van der Waals surface area contributed by atoms with Crippen molar-refractivity contribution < 1.29 is 33.1 Å². The lowest BCUT2D eigenvalue weighted by atomic mass is 10.1. The molecule has 4 rings (SSSR count). The molecule has 0 amide bonds. The molecule has 5 unspecified atom stereocenters. The number of aromatic nitrogens is 2. The quantitative estimate of drug-likeness (QED) is 0.354. The number of hydrogen-bond donors (Lipinski definition) is 3. The third kappa shape index (κ3) is 5.11. The van der Waals surface area contributed by atoms with Gasteiger partial charge in [0.05, 0.1) is 12.8 Å². The molecule has 12 nitrogen and oxygen atoms in total. The topological polar surface area (TPSA) is 149 Å². The van der Waals surface area contributed by atoms with Crippen molar-refractivity contribution in [3.8, 4) is 17.2 Å². The van der Waals surface area contributed by atoms with Crippen LogP contribution in [0.1, 0.15) is 6.23 Å². The van der Waals surface area contributed by atoms with E-state index in [1.165, 1.54) is 31.6 Å². The number of nitrogens with one attached hydrogen (secondary N) is 1. The van der Waals surface area contributed by atoms with Gasteiger partial charge >= 0.3 is 5.69 Å². The summed E-state index contributed by atoms with van der Waals surface area (Å²) in [5.74, 6) is 1.55. The van der Waals surface area contributed by atoms with Crippen molar-refractivity contribution in [1.82, 2.24) is 9.55 Å². The molecule has 4 N–H and O–H groups in total. The molecule has 2 aliphatic heterocycles. The van der Waals surface area contributed by atoms with Gasteiger partial charge in [-0.25, -0.2) is 4.79 Å². The normalized spacial score (nSPS) is 25.0. The number of nitrogens with zero attached hydrogens (tertiary/aromatic N) is 2. The molecule has 1 aromatic heterocycles. The van der Waals surface area contributed by atoms with Gasteiger partial charge < -0.3 is 44.2 Å². The standard InChI is InChI=1S/C20H27N4O8PS/c1-27-10-14-16(32-33(3,26)34)17(28-2)19(31-14)24-9-13-18(23-20(24)25)22-15-11(29-8-7-21)5-4-6-12(15)30-13/h4-6,9,14,16-17,19H,7-8,10,21H2,1-3H3,(H,26,34)(H,22,23,25). The summed E-state index contributed by atoms with van der Waals surface area (Å²) in [6.45, 7) is -0.820. The Hall–Kier alpha value is -2.09. The van der Waals surface area contributed by atoms with E-state index in [-0.39, 0.29) is 12.4 Å². The Balaban J connectivity index is 1.67. The molecular weight excluding hydrogens is 487 g/mol. The average Bonchev–Trinajstić information content (AvgIpc) is 3.11. The molecule has 1 saturated heterocycles. The zero-order chi connectivity index (χ0) is 24.5. The summed E-state index contributed by atoms with van der Waals surface area (Å²) in [5.41, 5.74) is 5.47. The Morgan fingerprint density at radius 1 is 1.32 bits per heavy atom. The number of nitrogens with two attached hydrogens (primary N) is 1. The summed E-state index contributed by atoms with van der Waals surface area (Å²) in [6.07, 6.45) is -1.61. The van der Waals surface area contributed by atoms with Crippen LogP contribution < -0.4 is 26.2 Å². The van der Waals surface area contributed by atoms with Crippen LogP contribution >= 0.6 is 6.49 Å². The number of fused-ring (bicyclic) bond motifs is 2. The molecule has 0 bridgehead atoms. The molecule has 0 aliphatic carbocycles. The van der Waals surface area contributed by atoms with Crippen LogP contribution in [0.5, 0.6) is 17.2 Å². The van der Waals surface area contributed by atoms with Gasteiger partial charge in [0, 0.05) is 27.4 Å². The third-order valence-electron chi connectivity index (χ3n) is 5.22. The van der Waals surface area contributed by atoms with Crippen LogP contribution in [-0.4, -0.2) is 73.4 Å². The van der Waals surface area contributed by atoms with Gasteiger partial charge in [0.25, 0.3) is 0 Å². The van der Waals surface area contributed by atoms with Crippen LogP contribution in [0.15, 0.2) is 29.2 Å². The summed E-state index contributed by atoms with van der Waals surface area (Å²) in [6, 6.07) is 5.30. The van der Waals surface area contributed by atoms with Crippen molar-refractivity contribution >= 4 is 29.8 Å². The van der Waals surface area contributed by atoms with E-state index < -0.39 is 36.7 Å². The van der Waals surface area contributed by atoms with E-state index in [4.69, 9.17) is 45.7 Å². The Bertz CT molecular complexity index is 1140.